The van der Waals surface area contributed by atoms with Gasteiger partial charge >= 0.3 is 0 Å². The second-order valence-corrected chi connectivity index (χ2v) is 11.4. The van der Waals surface area contributed by atoms with E-state index in [9.17, 15) is 14.4 Å². The molecule has 3 aromatic rings. The first-order valence-corrected chi connectivity index (χ1v) is 12.3. The zero-order valence-corrected chi connectivity index (χ0v) is 20.8. The van der Waals surface area contributed by atoms with Gasteiger partial charge in [0, 0.05) is 10.6 Å². The van der Waals surface area contributed by atoms with Crippen LogP contribution in [0.2, 0.25) is 5.02 Å². The van der Waals surface area contributed by atoms with E-state index in [4.69, 9.17) is 11.6 Å². The molecule has 0 aromatic heterocycles. The van der Waals surface area contributed by atoms with Crippen LogP contribution < -0.4 is 5.43 Å². The van der Waals surface area contributed by atoms with E-state index in [1.165, 1.54) is 6.07 Å². The summed E-state index contributed by atoms with van der Waals surface area (Å²) < 4.78 is -1.80. The Labute approximate surface area is 211 Å². The van der Waals surface area contributed by atoms with Gasteiger partial charge in [0.05, 0.1) is 20.5 Å². The van der Waals surface area contributed by atoms with Crippen molar-refractivity contribution in [3.8, 4) is 0 Å². The highest BCUT2D eigenvalue weighted by molar-refractivity contribution is 9.10. The zero-order valence-electron chi connectivity index (χ0n) is 16.9. The van der Waals surface area contributed by atoms with Crippen molar-refractivity contribution in [1.82, 2.24) is 10.4 Å². The maximum atomic E-state index is 13.8. The molecule has 33 heavy (non-hydrogen) atoms. The Morgan fingerprint density at radius 1 is 0.788 bits per heavy atom. The molecule has 8 heteroatoms. The van der Waals surface area contributed by atoms with Crippen LogP contribution in [0.5, 0.6) is 0 Å². The molecule has 2 bridgehead atoms. The molecular weight excluding hydrogens is 572 g/mol. The van der Waals surface area contributed by atoms with Crippen LogP contribution in [0.1, 0.15) is 32.6 Å². The van der Waals surface area contributed by atoms with Crippen LogP contribution in [0.4, 0.5) is 0 Å². The third kappa shape index (κ3) is 2.56. The van der Waals surface area contributed by atoms with Crippen LogP contribution in [-0.2, 0) is 18.2 Å². The minimum Gasteiger partial charge on any atom is -0.272 e. The van der Waals surface area contributed by atoms with Gasteiger partial charge in [-0.3, -0.25) is 19.8 Å². The first-order valence-electron chi connectivity index (χ1n) is 10.3. The van der Waals surface area contributed by atoms with E-state index in [0.29, 0.717) is 5.02 Å². The smallest absolute Gasteiger partial charge is 0.270 e. The lowest BCUT2D eigenvalue weighted by atomic mass is 9.54. The van der Waals surface area contributed by atoms with Crippen LogP contribution in [0.25, 0.3) is 0 Å². The maximum Gasteiger partial charge on any atom is 0.270 e. The fraction of sp³-hybridized carbons (Fsp3) is 0.160. The number of carbonyl (C=O) groups excluding carboxylic acids is 3. The minimum absolute atomic E-state index is 0.259. The zero-order chi connectivity index (χ0) is 23.1. The molecule has 3 aliphatic carbocycles. The molecule has 4 aliphatic rings. The Bertz CT molecular complexity index is 1270. The van der Waals surface area contributed by atoms with Crippen LogP contribution in [0.3, 0.4) is 0 Å². The maximum absolute atomic E-state index is 13.8. The van der Waals surface area contributed by atoms with Crippen LogP contribution >= 0.6 is 43.5 Å². The number of rotatable bonds is 2. The molecule has 1 heterocycles. The van der Waals surface area contributed by atoms with Gasteiger partial charge in [-0.1, -0.05) is 98.1 Å². The number of amides is 3. The molecular formula is C25H15Br2ClN2O3. The van der Waals surface area contributed by atoms with Crippen LogP contribution in [0, 0.1) is 11.8 Å². The topological polar surface area (TPSA) is 66.5 Å². The summed E-state index contributed by atoms with van der Waals surface area (Å²) in [5.74, 6) is -2.97. The van der Waals surface area contributed by atoms with Gasteiger partial charge in [-0.25, -0.2) is 0 Å². The summed E-state index contributed by atoms with van der Waals surface area (Å²) in [6.07, 6.45) is 0. The summed E-state index contributed by atoms with van der Waals surface area (Å²) in [6.45, 7) is 0. The largest absolute Gasteiger partial charge is 0.272 e. The Balaban J connectivity index is 1.50. The summed E-state index contributed by atoms with van der Waals surface area (Å²) in [4.78, 5) is 40.4. The van der Waals surface area contributed by atoms with Crippen molar-refractivity contribution in [2.45, 2.75) is 8.65 Å². The number of hydrogen-bond donors (Lipinski definition) is 1. The predicted molar refractivity (Wildman–Crippen MR) is 130 cm³/mol. The predicted octanol–water partition coefficient (Wildman–Crippen LogP) is 4.89. The van der Waals surface area contributed by atoms with Crippen molar-refractivity contribution < 1.29 is 14.4 Å². The molecule has 3 amide bonds. The molecule has 1 fully saturated rings. The highest BCUT2D eigenvalue weighted by Gasteiger charge is 2.72. The van der Waals surface area contributed by atoms with Gasteiger partial charge < -0.3 is 0 Å². The van der Waals surface area contributed by atoms with Crippen molar-refractivity contribution in [3.63, 3.8) is 0 Å². The average Bonchev–Trinajstić information content (AvgIpc) is 3.08. The number of benzene rings is 3. The Morgan fingerprint density at radius 2 is 1.24 bits per heavy atom. The molecule has 1 aliphatic heterocycles. The molecule has 0 saturated carbocycles. The van der Waals surface area contributed by atoms with Crippen molar-refractivity contribution in [3.05, 3.63) is 106 Å². The van der Waals surface area contributed by atoms with E-state index in [1.807, 2.05) is 48.5 Å². The number of imide groups is 1. The van der Waals surface area contributed by atoms with Gasteiger partial charge in [0.1, 0.15) is 0 Å². The summed E-state index contributed by atoms with van der Waals surface area (Å²) in [5, 5.41) is 1.26. The fourth-order valence-electron chi connectivity index (χ4n) is 5.57. The Hall–Kier alpha value is -2.48. The molecule has 0 spiro atoms. The Morgan fingerprint density at radius 3 is 1.67 bits per heavy atom. The van der Waals surface area contributed by atoms with Crippen molar-refractivity contribution in [1.29, 1.82) is 0 Å². The molecule has 5 nitrogen and oxygen atoms in total. The van der Waals surface area contributed by atoms with E-state index < -0.39 is 38.2 Å². The monoisotopic (exact) mass is 584 g/mol. The lowest BCUT2D eigenvalue weighted by molar-refractivity contribution is -0.142. The lowest BCUT2D eigenvalue weighted by Crippen LogP contribution is -2.56. The Kier molecular flexibility index (Phi) is 4.48. The summed E-state index contributed by atoms with van der Waals surface area (Å²) in [5.41, 5.74) is 6.53. The third-order valence-electron chi connectivity index (χ3n) is 6.89. The van der Waals surface area contributed by atoms with Gasteiger partial charge in [-0.2, -0.15) is 5.01 Å². The molecule has 2 atom stereocenters. The standard InChI is InChI=1S/C25H15Br2ClN2O3/c26-24-15-8-1-2-9-16(15)25(27,18-11-4-3-10-17(18)24)20-19(24)22(32)30(23(20)33)29-21(31)13-6-5-7-14(28)12-13/h1-12,19-20H,(H,29,31). The average molecular weight is 587 g/mol. The summed E-state index contributed by atoms with van der Waals surface area (Å²) >= 11 is 13.9. The fourth-order valence-corrected chi connectivity index (χ4v) is 8.07. The molecule has 1 saturated heterocycles. The van der Waals surface area contributed by atoms with Gasteiger partial charge in [-0.05, 0) is 40.5 Å². The molecule has 3 aromatic carbocycles. The van der Waals surface area contributed by atoms with E-state index in [2.05, 4.69) is 37.3 Å². The van der Waals surface area contributed by atoms with E-state index in [0.717, 1.165) is 27.3 Å². The number of nitrogens with zero attached hydrogens (tertiary/aromatic N) is 1. The van der Waals surface area contributed by atoms with E-state index in [-0.39, 0.29) is 5.56 Å². The van der Waals surface area contributed by atoms with E-state index >= 15 is 0 Å². The third-order valence-corrected chi connectivity index (χ3v) is 9.82. The number of hydrazine groups is 1. The first-order chi connectivity index (χ1) is 15.8. The molecule has 0 radical (unpaired) electrons. The van der Waals surface area contributed by atoms with Crippen molar-refractivity contribution in [2.75, 3.05) is 0 Å². The second kappa shape index (κ2) is 7.01. The number of carbonyl (C=O) groups is 3. The van der Waals surface area contributed by atoms with Crippen molar-refractivity contribution >= 4 is 61.2 Å². The molecule has 1 N–H and O–H groups in total. The molecule has 164 valence electrons. The van der Waals surface area contributed by atoms with Gasteiger partial charge in [0.15, 0.2) is 0 Å². The number of alkyl halides is 2. The second-order valence-electron chi connectivity index (χ2n) is 8.43. The SMILES string of the molecule is O=C(NN1C(=O)C2C(C1=O)C1(Br)c3ccccc3C2(Br)c2ccccc21)c1cccc(Cl)c1. The van der Waals surface area contributed by atoms with Crippen molar-refractivity contribution in [2.24, 2.45) is 11.8 Å². The van der Waals surface area contributed by atoms with E-state index in [1.54, 1.807) is 18.2 Å². The quantitative estimate of drug-likeness (QED) is 0.344. The molecule has 2 unspecified atom stereocenters. The number of hydrogen-bond acceptors (Lipinski definition) is 3. The number of halogens is 3. The van der Waals surface area contributed by atoms with Crippen LogP contribution in [0.15, 0.2) is 72.8 Å². The number of nitrogens with one attached hydrogen (secondary N) is 1. The first kappa shape index (κ1) is 21.1. The highest BCUT2D eigenvalue weighted by Crippen LogP contribution is 2.70. The highest BCUT2D eigenvalue weighted by atomic mass is 79.9. The summed E-state index contributed by atoms with van der Waals surface area (Å²) in [7, 11) is 0. The molecule has 7 rings (SSSR count). The van der Waals surface area contributed by atoms with Gasteiger partial charge in [-0.15, -0.1) is 0 Å². The lowest BCUT2D eigenvalue weighted by Gasteiger charge is -2.55. The normalized spacial score (nSPS) is 28.9. The van der Waals surface area contributed by atoms with Crippen LogP contribution in [-0.4, -0.2) is 22.7 Å². The van der Waals surface area contributed by atoms with Gasteiger partial charge in [0.25, 0.3) is 17.7 Å². The summed E-state index contributed by atoms with van der Waals surface area (Å²) in [6, 6.07) is 22.0. The minimum atomic E-state index is -0.900. The van der Waals surface area contributed by atoms with Gasteiger partial charge in [0.2, 0.25) is 0 Å².